The number of pyridine rings is 1. The van der Waals surface area contributed by atoms with Gasteiger partial charge in [0.2, 0.25) is 10.0 Å². The first kappa shape index (κ1) is 26.8. The van der Waals surface area contributed by atoms with Crippen molar-refractivity contribution in [2.75, 3.05) is 6.54 Å². The third-order valence-electron chi connectivity index (χ3n) is 6.07. The number of ketones is 1. The molecule has 2 atom stereocenters. The number of aryl methyl sites for hydroxylation is 1. The van der Waals surface area contributed by atoms with Crippen molar-refractivity contribution < 1.29 is 39.6 Å². The molecule has 196 valence electrons. The Morgan fingerprint density at radius 1 is 1.00 bits per heavy atom. The number of benzene rings is 2. The number of alkyl halides is 4. The van der Waals surface area contributed by atoms with Crippen molar-refractivity contribution in [3.63, 3.8) is 0 Å². The molecule has 4 rings (SSSR count). The highest BCUT2D eigenvalue weighted by molar-refractivity contribution is 7.89. The zero-order chi connectivity index (χ0) is 27.0. The van der Waals surface area contributed by atoms with E-state index in [0.29, 0.717) is 11.1 Å². The maximum Gasteiger partial charge on any atom is 0.433 e. The van der Waals surface area contributed by atoms with Crippen molar-refractivity contribution in [2.24, 2.45) is 0 Å². The average molecular weight is 543 g/mol. The van der Waals surface area contributed by atoms with Gasteiger partial charge in [-0.15, -0.1) is 0 Å². The van der Waals surface area contributed by atoms with Crippen molar-refractivity contribution in [3.05, 3.63) is 83.7 Å². The van der Waals surface area contributed by atoms with E-state index in [2.05, 4.69) is 4.98 Å². The first-order valence-electron chi connectivity index (χ1n) is 11.1. The highest BCUT2D eigenvalue weighted by Crippen LogP contribution is 2.31. The lowest BCUT2D eigenvalue weighted by molar-refractivity contribution is -0.141. The molecule has 1 aliphatic rings. The van der Waals surface area contributed by atoms with Crippen LogP contribution in [0.3, 0.4) is 0 Å². The molecule has 0 N–H and O–H groups in total. The quantitative estimate of drug-likeness (QED) is 0.378. The van der Waals surface area contributed by atoms with Gasteiger partial charge in [-0.3, -0.25) is 9.78 Å². The summed E-state index contributed by atoms with van der Waals surface area (Å²) in [5.74, 6) is -1.94. The number of Topliss-reactive ketones (excluding diaryl/α,β-unsaturated/α-hetero) is 1. The van der Waals surface area contributed by atoms with Crippen LogP contribution in [0.4, 0.5) is 26.3 Å². The standard InChI is InChI=1S/C25H20F6N2O3S/c26-18-4-6-20(7-5-18)37(35,36)33-14-19(27)12-22(33)23(34)9-2-16-11-15(1-8-21(16)28)17-3-10-24(32-13-17)25(29,30)31/h1,3-8,10-11,13,19,22H,2,9,12,14H2/t19-,22+/m1/s1. The van der Waals surface area contributed by atoms with Crippen LogP contribution in [0.15, 0.2) is 65.7 Å². The molecular formula is C25H20F6N2O3S. The lowest BCUT2D eigenvalue weighted by Gasteiger charge is -2.23. The number of aromatic nitrogens is 1. The van der Waals surface area contributed by atoms with Gasteiger partial charge in [-0.25, -0.2) is 21.6 Å². The predicted octanol–water partition coefficient (Wildman–Crippen LogP) is 5.35. The third kappa shape index (κ3) is 5.85. The molecule has 0 saturated carbocycles. The molecule has 5 nitrogen and oxygen atoms in total. The Hall–Kier alpha value is -3.25. The van der Waals surface area contributed by atoms with Crippen LogP contribution >= 0.6 is 0 Å². The number of sulfonamides is 1. The van der Waals surface area contributed by atoms with Gasteiger partial charge >= 0.3 is 6.18 Å². The molecule has 1 saturated heterocycles. The molecule has 2 aromatic carbocycles. The van der Waals surface area contributed by atoms with Crippen molar-refractivity contribution in [2.45, 2.75) is 42.5 Å². The van der Waals surface area contributed by atoms with Gasteiger partial charge in [-0.1, -0.05) is 12.1 Å². The van der Waals surface area contributed by atoms with Crippen molar-refractivity contribution >= 4 is 15.8 Å². The maximum absolute atomic E-state index is 14.4. The summed E-state index contributed by atoms with van der Waals surface area (Å²) in [5.41, 5.74) is -0.330. The van der Waals surface area contributed by atoms with Gasteiger partial charge in [-0.05, 0) is 60.0 Å². The summed E-state index contributed by atoms with van der Waals surface area (Å²) in [6, 6.07) is 8.43. The van der Waals surface area contributed by atoms with E-state index in [4.69, 9.17) is 0 Å². The molecule has 3 aromatic rings. The third-order valence-corrected chi connectivity index (χ3v) is 7.96. The maximum atomic E-state index is 14.4. The molecule has 0 spiro atoms. The fourth-order valence-electron chi connectivity index (χ4n) is 4.16. The van der Waals surface area contributed by atoms with E-state index in [1.165, 1.54) is 18.2 Å². The van der Waals surface area contributed by atoms with E-state index in [0.717, 1.165) is 46.9 Å². The minimum atomic E-state index is -4.61. The number of rotatable bonds is 7. The summed E-state index contributed by atoms with van der Waals surface area (Å²) in [4.78, 5) is 16.0. The minimum Gasteiger partial charge on any atom is -0.298 e. The van der Waals surface area contributed by atoms with Crippen LogP contribution in [0.2, 0.25) is 0 Å². The molecule has 1 fully saturated rings. The molecular weight excluding hydrogens is 522 g/mol. The first-order chi connectivity index (χ1) is 17.4. The van der Waals surface area contributed by atoms with Crippen molar-refractivity contribution in [1.82, 2.24) is 9.29 Å². The second-order valence-electron chi connectivity index (χ2n) is 8.58. The van der Waals surface area contributed by atoms with Gasteiger partial charge < -0.3 is 0 Å². The Bertz CT molecular complexity index is 1390. The number of hydrogen-bond donors (Lipinski definition) is 0. The Labute approximate surface area is 208 Å². The Balaban J connectivity index is 1.50. The van der Waals surface area contributed by atoms with E-state index in [1.54, 1.807) is 0 Å². The molecule has 0 bridgehead atoms. The van der Waals surface area contributed by atoms with Gasteiger partial charge in [0, 0.05) is 31.1 Å². The van der Waals surface area contributed by atoms with Gasteiger partial charge in [0.05, 0.1) is 10.9 Å². The van der Waals surface area contributed by atoms with Crippen LogP contribution < -0.4 is 0 Å². The molecule has 0 radical (unpaired) electrons. The lowest BCUT2D eigenvalue weighted by atomic mass is 9.98. The van der Waals surface area contributed by atoms with Crippen LogP contribution in [0.25, 0.3) is 11.1 Å². The molecule has 12 heteroatoms. The molecule has 2 heterocycles. The molecule has 0 aliphatic carbocycles. The van der Waals surface area contributed by atoms with Crippen molar-refractivity contribution in [3.8, 4) is 11.1 Å². The van der Waals surface area contributed by atoms with Crippen LogP contribution in [0, 0.1) is 11.6 Å². The summed E-state index contributed by atoms with van der Waals surface area (Å²) in [7, 11) is -4.29. The number of halogens is 6. The monoisotopic (exact) mass is 542 g/mol. The average Bonchev–Trinajstić information content (AvgIpc) is 3.26. The van der Waals surface area contributed by atoms with E-state index in [1.807, 2.05) is 0 Å². The van der Waals surface area contributed by atoms with E-state index in [-0.39, 0.29) is 29.7 Å². The zero-order valence-corrected chi connectivity index (χ0v) is 19.9. The van der Waals surface area contributed by atoms with E-state index in [9.17, 15) is 39.6 Å². The number of carbonyl (C=O) groups excluding carboxylic acids is 1. The van der Waals surface area contributed by atoms with E-state index >= 15 is 0 Å². The number of nitrogens with zero attached hydrogens (tertiary/aromatic N) is 2. The number of carbonyl (C=O) groups is 1. The van der Waals surface area contributed by atoms with Gasteiger partial charge in [0.15, 0.2) is 5.78 Å². The van der Waals surface area contributed by atoms with E-state index < -0.39 is 58.1 Å². The Morgan fingerprint density at radius 3 is 2.30 bits per heavy atom. The van der Waals surface area contributed by atoms with Crippen LogP contribution in [0.5, 0.6) is 0 Å². The van der Waals surface area contributed by atoms with Gasteiger partial charge in [0.1, 0.15) is 23.5 Å². The highest BCUT2D eigenvalue weighted by Gasteiger charge is 2.43. The van der Waals surface area contributed by atoms with Gasteiger partial charge in [-0.2, -0.15) is 17.5 Å². The molecule has 1 aliphatic heterocycles. The van der Waals surface area contributed by atoms with Gasteiger partial charge in [0.25, 0.3) is 0 Å². The van der Waals surface area contributed by atoms with Crippen LogP contribution in [0.1, 0.15) is 24.1 Å². The summed E-state index contributed by atoms with van der Waals surface area (Å²) < 4.78 is 107. The lowest BCUT2D eigenvalue weighted by Crippen LogP contribution is -2.40. The largest absolute Gasteiger partial charge is 0.433 e. The SMILES string of the molecule is O=C(CCc1cc(-c2ccc(C(F)(F)F)nc2)ccc1F)[C@@H]1C[C@@H](F)CN1S(=O)(=O)c1ccc(F)cc1. The second kappa shape index (κ2) is 10.3. The fraction of sp³-hybridized carbons (Fsp3) is 0.280. The fourth-order valence-corrected chi connectivity index (χ4v) is 5.81. The summed E-state index contributed by atoms with van der Waals surface area (Å²) in [6.45, 7) is -0.541. The summed E-state index contributed by atoms with van der Waals surface area (Å²) in [6.07, 6.45) is -6.01. The van der Waals surface area contributed by atoms with Crippen LogP contribution in [-0.4, -0.2) is 42.2 Å². The molecule has 0 unspecified atom stereocenters. The summed E-state index contributed by atoms with van der Waals surface area (Å²) in [5, 5.41) is 0. The summed E-state index contributed by atoms with van der Waals surface area (Å²) >= 11 is 0. The second-order valence-corrected chi connectivity index (χ2v) is 10.5. The topological polar surface area (TPSA) is 67.3 Å². The predicted molar refractivity (Wildman–Crippen MR) is 122 cm³/mol. The van der Waals surface area contributed by atoms with Crippen molar-refractivity contribution in [1.29, 1.82) is 0 Å². The molecule has 37 heavy (non-hydrogen) atoms. The molecule has 1 aromatic heterocycles. The normalized spacial score (nSPS) is 18.8. The number of hydrogen-bond acceptors (Lipinski definition) is 4. The minimum absolute atomic E-state index is 0.0773. The molecule has 0 amide bonds. The first-order valence-corrected chi connectivity index (χ1v) is 12.6. The Morgan fingerprint density at radius 2 is 1.68 bits per heavy atom. The zero-order valence-electron chi connectivity index (χ0n) is 19.1. The Kier molecular flexibility index (Phi) is 7.43. The van der Waals surface area contributed by atoms with Crippen LogP contribution in [-0.2, 0) is 27.4 Å². The highest BCUT2D eigenvalue weighted by atomic mass is 32.2. The smallest absolute Gasteiger partial charge is 0.298 e.